The van der Waals surface area contributed by atoms with Crippen LogP contribution in [0.3, 0.4) is 0 Å². The van der Waals surface area contributed by atoms with E-state index in [1.165, 1.54) is 24.1 Å². The Morgan fingerprint density at radius 3 is 2.71 bits per heavy atom. The summed E-state index contributed by atoms with van der Waals surface area (Å²) in [6, 6.07) is 11.3. The number of rotatable bonds is 7. The molecule has 0 aliphatic carbocycles. The van der Waals surface area contributed by atoms with E-state index in [1.54, 1.807) is 6.07 Å². The molecule has 0 fully saturated rings. The Hall–Kier alpha value is -3.47. The predicted octanol–water partition coefficient (Wildman–Crippen LogP) is 6.45. The van der Waals surface area contributed by atoms with Crippen LogP contribution in [0.5, 0.6) is 11.5 Å². The maximum Gasteiger partial charge on any atom is 0.420 e. The summed E-state index contributed by atoms with van der Waals surface area (Å²) < 4.78 is 58.8. The van der Waals surface area contributed by atoms with Crippen molar-refractivity contribution in [1.82, 2.24) is 5.32 Å². The molecular formula is C27H26BrF3N2O5. The van der Waals surface area contributed by atoms with Gasteiger partial charge in [0.2, 0.25) is 0 Å². The predicted molar refractivity (Wildman–Crippen MR) is 140 cm³/mol. The van der Waals surface area contributed by atoms with Crippen LogP contribution in [-0.2, 0) is 22.3 Å². The molecule has 38 heavy (non-hydrogen) atoms. The minimum Gasteiger partial charge on any atom is -0.496 e. The number of unbranched alkanes of at least 4 members (excludes halogenated alkanes) is 1. The normalized spacial score (nSPS) is 15.5. The summed E-state index contributed by atoms with van der Waals surface area (Å²) in [4.78, 5) is 27.3. The fraction of sp³-hybridized carbons (Fsp3) is 0.333. The molecular weight excluding hydrogens is 569 g/mol. The van der Waals surface area contributed by atoms with E-state index in [0.29, 0.717) is 17.7 Å². The number of hydrogen-bond donors (Lipinski definition) is 1. The molecule has 202 valence electrons. The number of hydrogen-bond acceptors (Lipinski definition) is 5. The van der Waals surface area contributed by atoms with Gasteiger partial charge in [0, 0.05) is 10.0 Å². The lowest BCUT2D eigenvalue weighted by Crippen LogP contribution is -2.50. The fourth-order valence-corrected chi connectivity index (χ4v) is 4.65. The van der Waals surface area contributed by atoms with E-state index >= 15 is 0 Å². The number of benzene rings is 3. The molecule has 7 nitrogen and oxygen atoms in total. The number of nitrogens with zero attached hydrogens (tertiary/aromatic N) is 1. The third kappa shape index (κ3) is 5.82. The molecule has 0 spiro atoms. The number of ether oxygens (including phenoxy) is 3. The molecule has 2 amide bonds. The van der Waals surface area contributed by atoms with E-state index in [4.69, 9.17) is 14.2 Å². The molecule has 3 aromatic carbocycles. The van der Waals surface area contributed by atoms with Crippen LogP contribution in [0, 0.1) is 0 Å². The highest BCUT2D eigenvalue weighted by atomic mass is 79.9. The Bertz CT molecular complexity index is 1350. The zero-order chi connectivity index (χ0) is 27.4. The van der Waals surface area contributed by atoms with Gasteiger partial charge in [-0.2, -0.15) is 13.2 Å². The third-order valence-corrected chi connectivity index (χ3v) is 6.65. The van der Waals surface area contributed by atoms with Gasteiger partial charge in [0.15, 0.2) is 5.75 Å². The molecule has 1 N–H and O–H groups in total. The smallest absolute Gasteiger partial charge is 0.420 e. The van der Waals surface area contributed by atoms with Crippen molar-refractivity contribution < 1.29 is 37.0 Å². The van der Waals surface area contributed by atoms with Crippen LogP contribution in [0.2, 0.25) is 0 Å². The quantitative estimate of drug-likeness (QED) is 0.318. The van der Waals surface area contributed by atoms with Gasteiger partial charge >= 0.3 is 12.3 Å². The van der Waals surface area contributed by atoms with Gasteiger partial charge in [-0.1, -0.05) is 47.5 Å². The van der Waals surface area contributed by atoms with Crippen LogP contribution in [0.4, 0.5) is 23.7 Å². The van der Waals surface area contributed by atoms with Gasteiger partial charge in [0.1, 0.15) is 18.4 Å². The molecule has 1 heterocycles. The first-order chi connectivity index (χ1) is 18.1. The summed E-state index contributed by atoms with van der Waals surface area (Å²) in [5.74, 6) is -0.680. The molecule has 0 radical (unpaired) electrons. The average Bonchev–Trinajstić information content (AvgIpc) is 3.00. The maximum atomic E-state index is 13.9. The highest BCUT2D eigenvalue weighted by Crippen LogP contribution is 2.44. The minimum absolute atomic E-state index is 0.0651. The maximum absolute atomic E-state index is 13.9. The van der Waals surface area contributed by atoms with E-state index in [2.05, 4.69) is 21.2 Å². The highest BCUT2D eigenvalue weighted by Gasteiger charge is 2.40. The number of anilines is 1. The molecule has 0 saturated heterocycles. The first kappa shape index (κ1) is 27.6. The third-order valence-electron chi connectivity index (χ3n) is 6.16. The molecule has 1 atom stereocenters. The highest BCUT2D eigenvalue weighted by molar-refractivity contribution is 9.10. The summed E-state index contributed by atoms with van der Waals surface area (Å²) in [5, 5.41) is 4.05. The minimum atomic E-state index is -4.73. The van der Waals surface area contributed by atoms with Crippen molar-refractivity contribution in [1.29, 1.82) is 0 Å². The first-order valence-corrected chi connectivity index (χ1v) is 12.8. The Kier molecular flexibility index (Phi) is 8.35. The van der Waals surface area contributed by atoms with Crippen molar-refractivity contribution in [3.63, 3.8) is 0 Å². The van der Waals surface area contributed by atoms with Crippen molar-refractivity contribution in [3.05, 3.63) is 64.1 Å². The van der Waals surface area contributed by atoms with Crippen molar-refractivity contribution in [2.45, 2.75) is 38.5 Å². The van der Waals surface area contributed by atoms with Crippen molar-refractivity contribution >= 4 is 44.4 Å². The largest absolute Gasteiger partial charge is 0.496 e. The van der Waals surface area contributed by atoms with Crippen LogP contribution in [0.15, 0.2) is 53.0 Å². The SMILES string of the molecule is CCCCOC(=O)NC1COc2c(cccc2C(F)(F)F)N(Cc2c(OC)ccc3cc(Br)ccc23)C1=O. The van der Waals surface area contributed by atoms with Gasteiger partial charge in [0.25, 0.3) is 5.91 Å². The van der Waals surface area contributed by atoms with Crippen LogP contribution < -0.4 is 19.7 Å². The summed E-state index contributed by atoms with van der Waals surface area (Å²) in [6.07, 6.45) is -4.15. The number of amides is 2. The second-order valence-electron chi connectivity index (χ2n) is 8.69. The number of alkyl halides is 3. The van der Waals surface area contributed by atoms with Gasteiger partial charge in [-0.25, -0.2) is 4.79 Å². The Morgan fingerprint density at radius 1 is 1.21 bits per heavy atom. The van der Waals surface area contributed by atoms with E-state index < -0.39 is 42.1 Å². The number of para-hydroxylation sites is 1. The van der Waals surface area contributed by atoms with Crippen molar-refractivity contribution in [2.75, 3.05) is 25.2 Å². The first-order valence-electron chi connectivity index (χ1n) is 12.0. The number of nitrogens with one attached hydrogen (secondary N) is 1. The van der Waals surface area contributed by atoms with Crippen molar-refractivity contribution in [3.8, 4) is 11.5 Å². The van der Waals surface area contributed by atoms with Gasteiger partial charge in [-0.15, -0.1) is 0 Å². The van der Waals surface area contributed by atoms with Gasteiger partial charge < -0.3 is 24.4 Å². The van der Waals surface area contributed by atoms with E-state index in [1.807, 2.05) is 31.2 Å². The van der Waals surface area contributed by atoms with E-state index in [0.717, 1.165) is 27.7 Å². The molecule has 0 aromatic heterocycles. The summed E-state index contributed by atoms with van der Waals surface area (Å²) >= 11 is 3.44. The number of carbonyl (C=O) groups excluding carboxylic acids is 2. The summed E-state index contributed by atoms with van der Waals surface area (Å²) in [6.45, 7) is 1.44. The van der Waals surface area contributed by atoms with Crippen LogP contribution in [0.1, 0.15) is 30.9 Å². The van der Waals surface area contributed by atoms with Crippen molar-refractivity contribution in [2.24, 2.45) is 0 Å². The molecule has 3 aromatic rings. The Balaban J connectivity index is 1.80. The lowest BCUT2D eigenvalue weighted by atomic mass is 10.0. The van der Waals surface area contributed by atoms with Gasteiger partial charge in [-0.3, -0.25) is 4.79 Å². The summed E-state index contributed by atoms with van der Waals surface area (Å²) in [5.41, 5.74) is -0.502. The molecule has 11 heteroatoms. The lowest BCUT2D eigenvalue weighted by molar-refractivity contribution is -0.138. The fourth-order valence-electron chi connectivity index (χ4n) is 4.27. The molecule has 1 aliphatic heterocycles. The Morgan fingerprint density at radius 2 is 2.00 bits per heavy atom. The monoisotopic (exact) mass is 594 g/mol. The molecule has 0 bridgehead atoms. The standard InChI is InChI=1S/C27H26BrF3N2O5/c1-3-4-12-37-26(35)32-21-15-38-24-20(27(29,30)31)6-5-7-22(24)33(25(21)34)14-19-18-10-9-17(28)13-16(18)8-11-23(19)36-2/h5-11,13,21H,3-4,12,14-15H2,1-2H3,(H,32,35). The topological polar surface area (TPSA) is 77.1 Å². The molecule has 1 aliphatic rings. The van der Waals surface area contributed by atoms with Gasteiger partial charge in [-0.05, 0) is 47.5 Å². The Labute approximate surface area is 226 Å². The zero-order valence-corrected chi connectivity index (χ0v) is 22.3. The molecule has 1 unspecified atom stereocenters. The second kappa shape index (κ2) is 11.5. The van der Waals surface area contributed by atoms with Crippen LogP contribution in [0.25, 0.3) is 10.8 Å². The van der Waals surface area contributed by atoms with E-state index in [-0.39, 0.29) is 18.8 Å². The average molecular weight is 595 g/mol. The zero-order valence-electron chi connectivity index (χ0n) is 20.7. The molecule has 4 rings (SSSR count). The van der Waals surface area contributed by atoms with E-state index in [9.17, 15) is 22.8 Å². The number of halogens is 4. The second-order valence-corrected chi connectivity index (χ2v) is 9.60. The molecule has 0 saturated carbocycles. The number of carbonyl (C=O) groups is 2. The van der Waals surface area contributed by atoms with Crippen LogP contribution in [-0.4, -0.2) is 38.4 Å². The van der Waals surface area contributed by atoms with Crippen LogP contribution >= 0.6 is 15.9 Å². The van der Waals surface area contributed by atoms with Gasteiger partial charge in [0.05, 0.1) is 31.5 Å². The summed E-state index contributed by atoms with van der Waals surface area (Å²) in [7, 11) is 1.48. The lowest BCUT2D eigenvalue weighted by Gasteiger charge is -2.27. The number of fused-ring (bicyclic) bond motifs is 2. The number of alkyl carbamates (subject to hydrolysis) is 1. The number of methoxy groups -OCH3 is 1.